The fourth-order valence-electron chi connectivity index (χ4n) is 3.86. The van der Waals surface area contributed by atoms with E-state index in [9.17, 15) is 18.8 Å². The van der Waals surface area contributed by atoms with Gasteiger partial charge in [-0.25, -0.2) is 9.37 Å². The molecule has 1 heterocycles. The summed E-state index contributed by atoms with van der Waals surface area (Å²) in [5.41, 5.74) is 2.72. The average molecular weight is 498 g/mol. The lowest BCUT2D eigenvalue weighted by molar-refractivity contribution is -0.117. The third kappa shape index (κ3) is 6.02. The maximum absolute atomic E-state index is 13.9. The lowest BCUT2D eigenvalue weighted by atomic mass is 9.97. The van der Waals surface area contributed by atoms with Crippen LogP contribution in [0.25, 0.3) is 0 Å². The Kier molecular flexibility index (Phi) is 7.63. The van der Waals surface area contributed by atoms with Crippen molar-refractivity contribution in [2.45, 2.75) is 19.9 Å². The highest BCUT2D eigenvalue weighted by Gasteiger charge is 2.35. The number of hydrogen-bond donors (Lipinski definition) is 2. The number of nitrogens with zero attached hydrogens (tertiary/aromatic N) is 3. The van der Waals surface area contributed by atoms with Gasteiger partial charge in [-0.2, -0.15) is 0 Å². The molecule has 0 bridgehead atoms. The van der Waals surface area contributed by atoms with Gasteiger partial charge in [-0.3, -0.25) is 24.3 Å². The fourth-order valence-corrected chi connectivity index (χ4v) is 3.86. The third-order valence-corrected chi connectivity index (χ3v) is 5.57. The molecule has 0 saturated heterocycles. The monoisotopic (exact) mass is 497 g/mol. The zero-order chi connectivity index (χ0) is 26.4. The van der Waals surface area contributed by atoms with E-state index >= 15 is 0 Å². The molecule has 0 spiro atoms. The normalized spacial score (nSPS) is 11.3. The number of carbonyl (C=O) groups is 3. The molecular formula is C28H24FN5O3. The predicted octanol–water partition coefficient (Wildman–Crippen LogP) is 4.91. The zero-order valence-corrected chi connectivity index (χ0v) is 20.2. The number of hydrogen-bond acceptors (Lipinski definition) is 5. The van der Waals surface area contributed by atoms with Crippen LogP contribution in [0.5, 0.6) is 0 Å². The first kappa shape index (κ1) is 25.2. The van der Waals surface area contributed by atoms with Gasteiger partial charge in [-0.15, -0.1) is 0 Å². The molecule has 0 aliphatic rings. The highest BCUT2D eigenvalue weighted by atomic mass is 19.1. The Morgan fingerprint density at radius 3 is 2.14 bits per heavy atom. The van der Waals surface area contributed by atoms with Crippen LogP contribution in [0, 0.1) is 12.7 Å². The van der Waals surface area contributed by atoms with Gasteiger partial charge in [-0.1, -0.05) is 24.3 Å². The summed E-state index contributed by atoms with van der Waals surface area (Å²) in [6.07, 6.45) is 4.17. The number of carbonyl (C=O) groups excluding carboxylic acids is 3. The Balaban J connectivity index is 1.84. The molecule has 3 amide bonds. The second-order valence-electron chi connectivity index (χ2n) is 8.25. The van der Waals surface area contributed by atoms with Crippen molar-refractivity contribution in [3.05, 3.63) is 114 Å². The van der Waals surface area contributed by atoms with Crippen LogP contribution in [0.15, 0.2) is 91.4 Å². The van der Waals surface area contributed by atoms with Crippen LogP contribution in [0.4, 0.5) is 21.5 Å². The van der Waals surface area contributed by atoms with Crippen molar-refractivity contribution in [2.75, 3.05) is 15.5 Å². The van der Waals surface area contributed by atoms with Crippen molar-refractivity contribution < 1.29 is 18.8 Å². The molecule has 9 heteroatoms. The van der Waals surface area contributed by atoms with Crippen molar-refractivity contribution in [1.82, 2.24) is 9.97 Å². The van der Waals surface area contributed by atoms with Crippen molar-refractivity contribution in [1.29, 1.82) is 0 Å². The second-order valence-corrected chi connectivity index (χ2v) is 8.25. The first-order valence-corrected chi connectivity index (χ1v) is 11.4. The molecule has 4 rings (SSSR count). The summed E-state index contributed by atoms with van der Waals surface area (Å²) in [6.45, 7) is 3.24. The number of rotatable bonds is 7. The Hall–Kier alpha value is -4.92. The Morgan fingerprint density at radius 1 is 0.865 bits per heavy atom. The van der Waals surface area contributed by atoms with E-state index in [0.717, 1.165) is 5.56 Å². The molecule has 4 aromatic rings. The molecule has 8 nitrogen and oxygen atoms in total. The van der Waals surface area contributed by atoms with Crippen LogP contribution in [0.2, 0.25) is 0 Å². The van der Waals surface area contributed by atoms with Gasteiger partial charge in [0, 0.05) is 36.4 Å². The van der Waals surface area contributed by atoms with E-state index in [1.54, 1.807) is 36.4 Å². The lowest BCUT2D eigenvalue weighted by Crippen LogP contribution is -2.42. The molecular weight excluding hydrogens is 473 g/mol. The minimum atomic E-state index is -1.12. The topological polar surface area (TPSA) is 104 Å². The largest absolute Gasteiger partial charge is 0.326 e. The smallest absolute Gasteiger partial charge is 0.279 e. The summed E-state index contributed by atoms with van der Waals surface area (Å²) in [4.78, 5) is 48.6. The molecule has 2 N–H and O–H groups in total. The Bertz CT molecular complexity index is 1410. The van der Waals surface area contributed by atoms with Crippen molar-refractivity contribution in [3.63, 3.8) is 0 Å². The number of anilines is 3. The van der Waals surface area contributed by atoms with Gasteiger partial charge >= 0.3 is 0 Å². The number of halogens is 1. The van der Waals surface area contributed by atoms with Crippen LogP contribution in [-0.2, 0) is 9.59 Å². The van der Waals surface area contributed by atoms with E-state index in [1.165, 1.54) is 54.7 Å². The SMILES string of the molecule is CC(=O)Nc1ccc(N(C(=O)c2cnccn2)[C@H](C(=O)Nc2ccc(F)cc2)c2ccccc2C)cc1. The summed E-state index contributed by atoms with van der Waals surface area (Å²) in [5.74, 6) is -1.74. The molecule has 0 radical (unpaired) electrons. The minimum absolute atomic E-state index is 0.0432. The lowest BCUT2D eigenvalue weighted by Gasteiger charge is -2.32. The van der Waals surface area contributed by atoms with E-state index in [4.69, 9.17) is 0 Å². The van der Waals surface area contributed by atoms with Gasteiger partial charge in [0.15, 0.2) is 0 Å². The predicted molar refractivity (Wildman–Crippen MR) is 139 cm³/mol. The molecule has 0 fully saturated rings. The van der Waals surface area contributed by atoms with Gasteiger partial charge < -0.3 is 10.6 Å². The first-order valence-electron chi connectivity index (χ1n) is 11.4. The third-order valence-electron chi connectivity index (χ3n) is 5.57. The molecule has 1 atom stereocenters. The van der Waals surface area contributed by atoms with Crippen molar-refractivity contribution in [2.24, 2.45) is 0 Å². The maximum Gasteiger partial charge on any atom is 0.279 e. The van der Waals surface area contributed by atoms with E-state index in [2.05, 4.69) is 20.6 Å². The number of amides is 3. The van der Waals surface area contributed by atoms with Gasteiger partial charge in [0.2, 0.25) is 5.91 Å². The summed E-state index contributed by atoms with van der Waals surface area (Å²) >= 11 is 0. The number of nitrogens with one attached hydrogen (secondary N) is 2. The van der Waals surface area contributed by atoms with Gasteiger partial charge in [0.05, 0.1) is 6.20 Å². The van der Waals surface area contributed by atoms with E-state index in [1.807, 2.05) is 19.1 Å². The molecule has 3 aromatic carbocycles. The number of aryl methyl sites for hydroxylation is 1. The molecule has 37 heavy (non-hydrogen) atoms. The number of aromatic nitrogens is 2. The van der Waals surface area contributed by atoms with Crippen LogP contribution in [0.3, 0.4) is 0 Å². The minimum Gasteiger partial charge on any atom is -0.326 e. The number of benzene rings is 3. The fraction of sp³-hybridized carbons (Fsp3) is 0.107. The van der Waals surface area contributed by atoms with Gasteiger partial charge in [0.1, 0.15) is 17.6 Å². The molecule has 0 unspecified atom stereocenters. The van der Waals surface area contributed by atoms with Crippen LogP contribution >= 0.6 is 0 Å². The first-order chi connectivity index (χ1) is 17.8. The molecule has 1 aromatic heterocycles. The Morgan fingerprint density at radius 2 is 1.51 bits per heavy atom. The van der Waals surface area contributed by atoms with Gasteiger partial charge in [0.25, 0.3) is 11.8 Å². The maximum atomic E-state index is 13.9. The Labute approximate surface area is 213 Å². The second kappa shape index (κ2) is 11.2. The van der Waals surface area contributed by atoms with E-state index < -0.39 is 23.7 Å². The van der Waals surface area contributed by atoms with Crippen LogP contribution in [-0.4, -0.2) is 27.7 Å². The highest BCUT2D eigenvalue weighted by Crippen LogP contribution is 2.32. The highest BCUT2D eigenvalue weighted by molar-refractivity contribution is 6.11. The molecule has 0 saturated carbocycles. The standard InChI is InChI=1S/C28H24FN5O3/c1-18-5-3-4-6-24(18)26(27(36)33-22-9-7-20(29)8-10-22)34(28(37)25-17-30-15-16-31-25)23-13-11-21(12-14-23)32-19(2)35/h3-17,26H,1-2H3,(H,32,35)(H,33,36)/t26-/m0/s1. The van der Waals surface area contributed by atoms with Crippen LogP contribution in [0.1, 0.15) is 34.6 Å². The summed E-state index contributed by atoms with van der Waals surface area (Å²) in [5, 5.41) is 5.48. The molecule has 186 valence electrons. The summed E-state index contributed by atoms with van der Waals surface area (Å²) in [7, 11) is 0. The zero-order valence-electron chi connectivity index (χ0n) is 20.2. The van der Waals surface area contributed by atoms with Crippen molar-refractivity contribution in [3.8, 4) is 0 Å². The summed E-state index contributed by atoms with van der Waals surface area (Å²) < 4.78 is 13.5. The molecule has 0 aliphatic carbocycles. The van der Waals surface area contributed by atoms with E-state index in [0.29, 0.717) is 22.6 Å². The molecule has 0 aliphatic heterocycles. The average Bonchev–Trinajstić information content (AvgIpc) is 2.89. The van der Waals surface area contributed by atoms with E-state index in [-0.39, 0.29) is 11.6 Å². The van der Waals surface area contributed by atoms with Crippen molar-refractivity contribution >= 4 is 34.8 Å². The van der Waals surface area contributed by atoms with Crippen LogP contribution < -0.4 is 15.5 Å². The quantitative estimate of drug-likeness (QED) is 0.378. The summed E-state index contributed by atoms with van der Waals surface area (Å²) in [6, 6.07) is 18.0. The van der Waals surface area contributed by atoms with Gasteiger partial charge in [-0.05, 0) is 66.6 Å².